The number of rotatable bonds is 3. The number of amides is 1. The Morgan fingerprint density at radius 3 is 3.00 bits per heavy atom. The van der Waals surface area contributed by atoms with Gasteiger partial charge in [-0.1, -0.05) is 18.2 Å². The van der Waals surface area contributed by atoms with E-state index in [0.29, 0.717) is 19.5 Å². The molecule has 3 heterocycles. The van der Waals surface area contributed by atoms with Gasteiger partial charge in [-0.25, -0.2) is 9.97 Å². The molecule has 124 valence electrons. The Kier molecular flexibility index (Phi) is 4.04. The number of fused-ring (bicyclic) bond motifs is 1. The smallest absolute Gasteiger partial charge is 0.264 e. The number of benzene rings is 1. The second kappa shape index (κ2) is 6.49. The highest BCUT2D eigenvalue weighted by Gasteiger charge is 2.30. The summed E-state index contributed by atoms with van der Waals surface area (Å²) in [5.41, 5.74) is 0.164. The number of thiophene rings is 1. The van der Waals surface area contributed by atoms with Gasteiger partial charge < -0.3 is 9.64 Å². The largest absolute Gasteiger partial charge is 0.470 e. The number of nitrogens with zero attached hydrogens (tertiary/aromatic N) is 4. The zero-order valence-electron chi connectivity index (χ0n) is 13.3. The normalized spacial score (nSPS) is 16.8. The number of aromatic nitrogens is 2. The topological polar surface area (TPSA) is 79.1 Å². The van der Waals surface area contributed by atoms with E-state index in [1.807, 2.05) is 36.4 Å². The fourth-order valence-corrected chi connectivity index (χ4v) is 3.93. The van der Waals surface area contributed by atoms with Crippen molar-refractivity contribution >= 4 is 27.3 Å². The first-order valence-electron chi connectivity index (χ1n) is 7.90. The van der Waals surface area contributed by atoms with Crippen LogP contribution in [0.4, 0.5) is 0 Å². The molecular weight excluding hydrogens is 336 g/mol. The van der Waals surface area contributed by atoms with Crippen LogP contribution in [0.5, 0.6) is 5.88 Å². The Morgan fingerprint density at radius 2 is 2.16 bits per heavy atom. The zero-order valence-corrected chi connectivity index (χ0v) is 14.1. The lowest BCUT2D eigenvalue weighted by Gasteiger charge is -2.16. The maximum Gasteiger partial charge on any atom is 0.264 e. The van der Waals surface area contributed by atoms with Gasteiger partial charge >= 0.3 is 0 Å². The summed E-state index contributed by atoms with van der Waals surface area (Å²) in [5.74, 6) is 0.248. The molecule has 0 saturated carbocycles. The van der Waals surface area contributed by atoms with Gasteiger partial charge in [0, 0.05) is 30.1 Å². The first-order valence-corrected chi connectivity index (χ1v) is 8.72. The van der Waals surface area contributed by atoms with Gasteiger partial charge in [-0.05, 0) is 17.5 Å². The third-order valence-corrected chi connectivity index (χ3v) is 5.22. The van der Waals surface area contributed by atoms with E-state index in [0.717, 1.165) is 15.0 Å². The Morgan fingerprint density at radius 1 is 1.32 bits per heavy atom. The average molecular weight is 350 g/mol. The van der Waals surface area contributed by atoms with E-state index in [1.54, 1.807) is 4.90 Å². The number of nitriles is 1. The molecule has 7 heteroatoms. The highest BCUT2D eigenvalue weighted by Crippen LogP contribution is 2.28. The Balaban J connectivity index is 1.46. The molecule has 1 aliphatic rings. The van der Waals surface area contributed by atoms with E-state index in [2.05, 4.69) is 9.97 Å². The average Bonchev–Trinajstić information content (AvgIpc) is 3.28. The van der Waals surface area contributed by atoms with Crippen molar-refractivity contribution in [2.24, 2.45) is 0 Å². The lowest BCUT2D eigenvalue weighted by atomic mass is 10.2. The number of carbonyl (C=O) groups is 1. The van der Waals surface area contributed by atoms with E-state index in [9.17, 15) is 4.79 Å². The summed E-state index contributed by atoms with van der Waals surface area (Å²) in [7, 11) is 0. The highest BCUT2D eigenvalue weighted by atomic mass is 32.1. The quantitative estimate of drug-likeness (QED) is 0.726. The Bertz CT molecular complexity index is 945. The van der Waals surface area contributed by atoms with Gasteiger partial charge in [-0.2, -0.15) is 5.26 Å². The van der Waals surface area contributed by atoms with Gasteiger partial charge in [0.15, 0.2) is 0 Å². The maximum atomic E-state index is 12.7. The number of hydrogen-bond acceptors (Lipinski definition) is 6. The molecule has 1 fully saturated rings. The van der Waals surface area contributed by atoms with E-state index in [-0.39, 0.29) is 23.6 Å². The molecule has 0 radical (unpaired) electrons. The van der Waals surface area contributed by atoms with Crippen LogP contribution in [0, 0.1) is 11.3 Å². The summed E-state index contributed by atoms with van der Waals surface area (Å²) in [6.07, 6.45) is 3.47. The Labute approximate surface area is 148 Å². The third-order valence-electron chi connectivity index (χ3n) is 4.12. The predicted octanol–water partition coefficient (Wildman–Crippen LogP) is 2.86. The SMILES string of the molecule is N#Cc1nccnc1OC1CCN(C(=O)c2cc3ccccc3s2)C1. The molecule has 1 amide bonds. The minimum absolute atomic E-state index is 0.0203. The molecule has 0 N–H and O–H groups in total. The summed E-state index contributed by atoms with van der Waals surface area (Å²) < 4.78 is 6.89. The molecular formula is C18H14N4O2S. The molecule has 0 aliphatic carbocycles. The third kappa shape index (κ3) is 3.04. The number of ether oxygens (including phenoxy) is 1. The molecule has 6 nitrogen and oxygen atoms in total. The van der Waals surface area contributed by atoms with Crippen molar-refractivity contribution in [3.8, 4) is 11.9 Å². The molecule has 1 saturated heterocycles. The summed E-state index contributed by atoms with van der Waals surface area (Å²) in [5, 5.41) is 10.1. The number of carbonyl (C=O) groups excluding carboxylic acids is 1. The fourth-order valence-electron chi connectivity index (χ4n) is 2.90. The van der Waals surface area contributed by atoms with E-state index >= 15 is 0 Å². The van der Waals surface area contributed by atoms with E-state index in [4.69, 9.17) is 10.00 Å². The molecule has 4 rings (SSSR count). The molecule has 25 heavy (non-hydrogen) atoms. The summed E-state index contributed by atoms with van der Waals surface area (Å²) >= 11 is 1.51. The number of likely N-dealkylation sites (tertiary alicyclic amines) is 1. The van der Waals surface area contributed by atoms with Crippen molar-refractivity contribution in [1.29, 1.82) is 5.26 Å². The monoisotopic (exact) mass is 350 g/mol. The molecule has 3 aromatic rings. The molecule has 1 unspecified atom stereocenters. The second-order valence-electron chi connectivity index (χ2n) is 5.75. The van der Waals surface area contributed by atoms with Crippen LogP contribution in [-0.4, -0.2) is 40.0 Å². The van der Waals surface area contributed by atoms with Crippen molar-refractivity contribution in [2.45, 2.75) is 12.5 Å². The first kappa shape index (κ1) is 15.5. The van der Waals surface area contributed by atoms with Crippen LogP contribution in [0.25, 0.3) is 10.1 Å². The fraction of sp³-hybridized carbons (Fsp3) is 0.222. The molecule has 1 aliphatic heterocycles. The van der Waals surface area contributed by atoms with Crippen LogP contribution in [0.3, 0.4) is 0 Å². The van der Waals surface area contributed by atoms with Crippen LogP contribution >= 0.6 is 11.3 Å². The zero-order chi connectivity index (χ0) is 17.2. The lowest BCUT2D eigenvalue weighted by molar-refractivity contribution is 0.0776. The van der Waals surface area contributed by atoms with Crippen molar-refractivity contribution in [1.82, 2.24) is 14.9 Å². The predicted molar refractivity (Wildman–Crippen MR) is 93.5 cm³/mol. The lowest BCUT2D eigenvalue weighted by Crippen LogP contribution is -2.30. The van der Waals surface area contributed by atoms with Gasteiger partial charge in [0.1, 0.15) is 12.2 Å². The maximum absolute atomic E-state index is 12.7. The highest BCUT2D eigenvalue weighted by molar-refractivity contribution is 7.20. The number of hydrogen-bond donors (Lipinski definition) is 0. The summed E-state index contributed by atoms with van der Waals surface area (Å²) in [4.78, 5) is 23.3. The summed E-state index contributed by atoms with van der Waals surface area (Å²) in [6, 6.07) is 11.9. The molecule has 0 bridgehead atoms. The van der Waals surface area contributed by atoms with Gasteiger partial charge in [-0.3, -0.25) is 4.79 Å². The molecule has 0 spiro atoms. The van der Waals surface area contributed by atoms with Crippen LogP contribution < -0.4 is 4.74 Å². The van der Waals surface area contributed by atoms with Gasteiger partial charge in [-0.15, -0.1) is 11.3 Å². The molecule has 1 aromatic carbocycles. The molecule has 2 aromatic heterocycles. The van der Waals surface area contributed by atoms with Crippen LogP contribution in [0.1, 0.15) is 21.8 Å². The van der Waals surface area contributed by atoms with E-state index < -0.39 is 0 Å². The Hall–Kier alpha value is -2.98. The van der Waals surface area contributed by atoms with Crippen LogP contribution in [0.15, 0.2) is 42.7 Å². The van der Waals surface area contributed by atoms with Crippen LogP contribution in [-0.2, 0) is 0 Å². The van der Waals surface area contributed by atoms with E-state index in [1.165, 1.54) is 23.7 Å². The van der Waals surface area contributed by atoms with Crippen molar-refractivity contribution < 1.29 is 9.53 Å². The van der Waals surface area contributed by atoms with Crippen molar-refractivity contribution in [3.63, 3.8) is 0 Å². The minimum Gasteiger partial charge on any atom is -0.470 e. The van der Waals surface area contributed by atoms with Crippen molar-refractivity contribution in [2.75, 3.05) is 13.1 Å². The van der Waals surface area contributed by atoms with Gasteiger partial charge in [0.2, 0.25) is 5.69 Å². The molecule has 1 atom stereocenters. The minimum atomic E-state index is -0.179. The first-order chi connectivity index (χ1) is 12.2. The summed E-state index contributed by atoms with van der Waals surface area (Å²) in [6.45, 7) is 1.11. The van der Waals surface area contributed by atoms with Gasteiger partial charge in [0.25, 0.3) is 11.8 Å². The van der Waals surface area contributed by atoms with Crippen molar-refractivity contribution in [3.05, 3.63) is 53.3 Å². The second-order valence-corrected chi connectivity index (χ2v) is 6.83. The van der Waals surface area contributed by atoms with Gasteiger partial charge in [0.05, 0.1) is 11.4 Å². The van der Waals surface area contributed by atoms with Crippen LogP contribution in [0.2, 0.25) is 0 Å². The standard InChI is InChI=1S/C18H14N4O2S/c19-10-14-17(21-7-6-20-14)24-13-5-8-22(11-13)18(23)16-9-12-3-1-2-4-15(12)25-16/h1-4,6-7,9,13H,5,8,11H2.